The van der Waals surface area contributed by atoms with E-state index in [2.05, 4.69) is 10.6 Å². The van der Waals surface area contributed by atoms with Gasteiger partial charge in [-0.15, -0.1) is 12.4 Å². The first-order valence-corrected chi connectivity index (χ1v) is 6.83. The summed E-state index contributed by atoms with van der Waals surface area (Å²) >= 11 is 0. The molecule has 6 nitrogen and oxygen atoms in total. The van der Waals surface area contributed by atoms with E-state index in [0.29, 0.717) is 12.5 Å². The molecule has 2 unspecified atom stereocenters. The van der Waals surface area contributed by atoms with Gasteiger partial charge in [0.1, 0.15) is 6.04 Å². The zero-order valence-electron chi connectivity index (χ0n) is 12.2. The molecule has 1 aliphatic rings. The predicted octanol–water partition coefficient (Wildman–Crippen LogP) is 1.06. The third-order valence-corrected chi connectivity index (χ3v) is 3.80. The number of nitrogens with two attached hydrogens (primary N) is 1. The fraction of sp³-hybridized carbons (Fsp3) is 0.571. The highest BCUT2D eigenvalue weighted by molar-refractivity contribution is 5.95. The van der Waals surface area contributed by atoms with Crippen molar-refractivity contribution in [2.75, 3.05) is 6.54 Å². The Balaban J connectivity index is 0.00000220. The SMILES string of the molecule is CC(NC(=O)c1ccco1)C(=O)NC(C)(CN)C1CC1.Cl. The van der Waals surface area contributed by atoms with Gasteiger partial charge < -0.3 is 20.8 Å². The van der Waals surface area contributed by atoms with Crippen molar-refractivity contribution in [2.45, 2.75) is 38.3 Å². The second-order valence-electron chi connectivity index (χ2n) is 5.56. The summed E-state index contributed by atoms with van der Waals surface area (Å²) in [5.41, 5.74) is 5.37. The monoisotopic (exact) mass is 315 g/mol. The van der Waals surface area contributed by atoms with Crippen LogP contribution >= 0.6 is 12.4 Å². The standard InChI is InChI=1S/C14H21N3O3.ClH/c1-9(16-13(19)11-4-3-7-20-11)12(18)17-14(2,8-15)10-5-6-10;/h3-4,7,9-10H,5-6,8,15H2,1-2H3,(H,16,19)(H,17,18);1H. The smallest absolute Gasteiger partial charge is 0.287 e. The minimum Gasteiger partial charge on any atom is -0.459 e. The predicted molar refractivity (Wildman–Crippen MR) is 81.2 cm³/mol. The topological polar surface area (TPSA) is 97.4 Å². The van der Waals surface area contributed by atoms with Crippen molar-refractivity contribution >= 4 is 24.2 Å². The van der Waals surface area contributed by atoms with E-state index in [4.69, 9.17) is 10.2 Å². The molecule has 0 radical (unpaired) electrons. The molecule has 0 aromatic carbocycles. The number of nitrogens with one attached hydrogen (secondary N) is 2. The molecule has 1 heterocycles. The van der Waals surface area contributed by atoms with Crippen LogP contribution in [0.1, 0.15) is 37.2 Å². The minimum absolute atomic E-state index is 0. The summed E-state index contributed by atoms with van der Waals surface area (Å²) in [5, 5.41) is 5.55. The molecular weight excluding hydrogens is 294 g/mol. The molecule has 2 atom stereocenters. The van der Waals surface area contributed by atoms with Crippen molar-refractivity contribution in [3.8, 4) is 0 Å². The van der Waals surface area contributed by atoms with Crippen LogP contribution in [0.4, 0.5) is 0 Å². The summed E-state index contributed by atoms with van der Waals surface area (Å²) in [6.45, 7) is 3.98. The number of carbonyl (C=O) groups is 2. The van der Waals surface area contributed by atoms with Crippen LogP contribution in [-0.2, 0) is 4.79 Å². The summed E-state index contributed by atoms with van der Waals surface area (Å²) in [7, 11) is 0. The molecule has 1 aliphatic carbocycles. The first kappa shape index (κ1) is 17.5. The second kappa shape index (κ2) is 6.95. The molecule has 2 amide bonds. The van der Waals surface area contributed by atoms with Gasteiger partial charge in [0.2, 0.25) is 5.91 Å². The lowest BCUT2D eigenvalue weighted by atomic mass is 9.95. The molecule has 0 spiro atoms. The fourth-order valence-corrected chi connectivity index (χ4v) is 2.17. The van der Waals surface area contributed by atoms with Crippen molar-refractivity contribution in [3.63, 3.8) is 0 Å². The van der Waals surface area contributed by atoms with Gasteiger partial charge in [-0.2, -0.15) is 0 Å². The lowest BCUT2D eigenvalue weighted by Gasteiger charge is -2.31. The van der Waals surface area contributed by atoms with Crippen LogP contribution in [0.2, 0.25) is 0 Å². The Morgan fingerprint density at radius 1 is 1.52 bits per heavy atom. The van der Waals surface area contributed by atoms with Crippen molar-refractivity contribution in [1.29, 1.82) is 0 Å². The number of furan rings is 1. The third-order valence-electron chi connectivity index (χ3n) is 3.80. The molecule has 1 fully saturated rings. The van der Waals surface area contributed by atoms with Gasteiger partial charge in [0, 0.05) is 6.54 Å². The summed E-state index contributed by atoms with van der Waals surface area (Å²) < 4.78 is 4.98. The Labute approximate surface area is 130 Å². The number of amides is 2. The van der Waals surface area contributed by atoms with Crippen LogP contribution in [0, 0.1) is 5.92 Å². The highest BCUT2D eigenvalue weighted by Crippen LogP contribution is 2.38. The van der Waals surface area contributed by atoms with Crippen molar-refractivity contribution in [2.24, 2.45) is 11.7 Å². The fourth-order valence-electron chi connectivity index (χ4n) is 2.17. The number of halogens is 1. The number of hydrogen-bond donors (Lipinski definition) is 3. The van der Waals surface area contributed by atoms with Crippen LogP contribution < -0.4 is 16.4 Å². The number of hydrogen-bond acceptors (Lipinski definition) is 4. The molecule has 1 aromatic rings. The molecule has 0 bridgehead atoms. The Kier molecular flexibility index (Phi) is 5.80. The van der Waals surface area contributed by atoms with E-state index >= 15 is 0 Å². The van der Waals surface area contributed by atoms with Gasteiger partial charge in [0.25, 0.3) is 5.91 Å². The van der Waals surface area contributed by atoms with Crippen LogP contribution in [-0.4, -0.2) is 29.9 Å². The Morgan fingerprint density at radius 2 is 2.19 bits per heavy atom. The molecule has 0 aliphatic heterocycles. The van der Waals surface area contributed by atoms with Gasteiger partial charge in [-0.05, 0) is 44.7 Å². The molecule has 1 saturated carbocycles. The van der Waals surface area contributed by atoms with E-state index in [0.717, 1.165) is 12.8 Å². The highest BCUT2D eigenvalue weighted by Gasteiger charge is 2.42. The molecule has 118 valence electrons. The number of carbonyl (C=O) groups excluding carboxylic acids is 2. The van der Waals surface area contributed by atoms with Crippen molar-refractivity contribution in [1.82, 2.24) is 10.6 Å². The largest absolute Gasteiger partial charge is 0.459 e. The number of rotatable bonds is 6. The van der Waals surface area contributed by atoms with Crippen LogP contribution in [0.15, 0.2) is 22.8 Å². The normalized spacial score (nSPS) is 18.0. The van der Waals surface area contributed by atoms with E-state index in [1.165, 1.54) is 6.26 Å². The highest BCUT2D eigenvalue weighted by atomic mass is 35.5. The Bertz CT molecular complexity index is 488. The van der Waals surface area contributed by atoms with E-state index in [-0.39, 0.29) is 29.6 Å². The van der Waals surface area contributed by atoms with E-state index in [1.807, 2.05) is 6.92 Å². The van der Waals surface area contributed by atoms with Crippen LogP contribution in [0.3, 0.4) is 0 Å². The maximum atomic E-state index is 12.1. The second-order valence-corrected chi connectivity index (χ2v) is 5.56. The average Bonchev–Trinajstić information content (AvgIpc) is 3.14. The third kappa shape index (κ3) is 4.22. The molecule has 4 N–H and O–H groups in total. The van der Waals surface area contributed by atoms with Gasteiger partial charge in [0.05, 0.1) is 11.8 Å². The summed E-state index contributed by atoms with van der Waals surface area (Å²) in [6, 6.07) is 2.53. The van der Waals surface area contributed by atoms with E-state index in [1.54, 1.807) is 19.1 Å². The molecule has 21 heavy (non-hydrogen) atoms. The molecule has 0 saturated heterocycles. The van der Waals surface area contributed by atoms with Crippen molar-refractivity contribution < 1.29 is 14.0 Å². The van der Waals surface area contributed by atoms with Gasteiger partial charge in [0.15, 0.2) is 5.76 Å². The van der Waals surface area contributed by atoms with Gasteiger partial charge in [-0.1, -0.05) is 0 Å². The first-order chi connectivity index (χ1) is 9.46. The lowest BCUT2D eigenvalue weighted by molar-refractivity contribution is -0.124. The Hall–Kier alpha value is -1.53. The zero-order valence-corrected chi connectivity index (χ0v) is 13.0. The Morgan fingerprint density at radius 3 is 2.67 bits per heavy atom. The average molecular weight is 316 g/mol. The maximum absolute atomic E-state index is 12.1. The van der Waals surface area contributed by atoms with E-state index in [9.17, 15) is 9.59 Å². The quantitative estimate of drug-likeness (QED) is 0.731. The molecule has 2 rings (SSSR count). The summed E-state index contributed by atoms with van der Waals surface area (Å²) in [4.78, 5) is 23.9. The lowest BCUT2D eigenvalue weighted by Crippen LogP contribution is -2.57. The van der Waals surface area contributed by atoms with Gasteiger partial charge in [-0.25, -0.2) is 0 Å². The maximum Gasteiger partial charge on any atom is 0.287 e. The van der Waals surface area contributed by atoms with Gasteiger partial charge in [-0.3, -0.25) is 9.59 Å². The zero-order chi connectivity index (χ0) is 14.8. The van der Waals surface area contributed by atoms with Gasteiger partial charge >= 0.3 is 0 Å². The minimum atomic E-state index is -0.641. The molecule has 7 heteroatoms. The molecular formula is C14H22ClN3O3. The first-order valence-electron chi connectivity index (χ1n) is 6.83. The van der Waals surface area contributed by atoms with Crippen molar-refractivity contribution in [3.05, 3.63) is 24.2 Å². The van der Waals surface area contributed by atoms with Crippen LogP contribution in [0.25, 0.3) is 0 Å². The summed E-state index contributed by atoms with van der Waals surface area (Å²) in [5.74, 6) is -0.0128. The van der Waals surface area contributed by atoms with E-state index < -0.39 is 11.9 Å². The summed E-state index contributed by atoms with van der Waals surface area (Å²) in [6.07, 6.45) is 3.58. The molecule has 1 aromatic heterocycles. The van der Waals surface area contributed by atoms with Crippen LogP contribution in [0.5, 0.6) is 0 Å².